The number of azo groups is 2. The molecular formula is C55H54FeN6O6. The molecule has 0 fully saturated rings. The summed E-state index contributed by atoms with van der Waals surface area (Å²) in [6, 6.07) is 46.3. The standard InChI is InChI=1S/2C27H25N3O3.CH4.Fe/c2*1-27(2,3)18-13-14-23(31)22(16-18)29-30-24-20-12-8-7-9-17(20)15-21(25(24)32)26(33)28-19-10-5-4-6-11-19;;/h2*4-16,31-32H,1-3H3,(H,28,33);1H4;. The Morgan fingerprint density at radius 1 is 0.441 bits per heavy atom. The van der Waals surface area contributed by atoms with E-state index >= 15 is 0 Å². The van der Waals surface area contributed by atoms with Gasteiger partial charge in [-0.05, 0) is 93.4 Å². The minimum atomic E-state index is -0.460. The second-order valence-electron chi connectivity index (χ2n) is 17.6. The van der Waals surface area contributed by atoms with Crippen molar-refractivity contribution in [1.82, 2.24) is 0 Å². The van der Waals surface area contributed by atoms with Crippen LogP contribution in [0.25, 0.3) is 21.5 Å². The molecule has 13 heteroatoms. The van der Waals surface area contributed by atoms with Gasteiger partial charge in [-0.25, -0.2) is 0 Å². The fourth-order valence-electron chi connectivity index (χ4n) is 6.97. The Kier molecular flexibility index (Phi) is 16.3. The van der Waals surface area contributed by atoms with Crippen LogP contribution in [0.2, 0.25) is 0 Å². The van der Waals surface area contributed by atoms with Crippen LogP contribution in [0.1, 0.15) is 80.8 Å². The number of hydrogen-bond donors (Lipinski definition) is 6. The molecule has 0 aliphatic rings. The molecule has 0 heterocycles. The average Bonchev–Trinajstić information content (AvgIpc) is 3.29. The molecule has 0 atom stereocenters. The number of carbonyl (C=O) groups excluding carboxylic acids is 2. The Morgan fingerprint density at radius 3 is 1.13 bits per heavy atom. The van der Waals surface area contributed by atoms with Crippen LogP contribution in [-0.4, -0.2) is 32.2 Å². The van der Waals surface area contributed by atoms with Crippen molar-refractivity contribution in [3.05, 3.63) is 180 Å². The molecule has 8 rings (SSSR count). The van der Waals surface area contributed by atoms with Crippen molar-refractivity contribution in [2.45, 2.75) is 59.8 Å². The molecule has 6 N–H and O–H groups in total. The predicted octanol–water partition coefficient (Wildman–Crippen LogP) is 15.1. The zero-order valence-corrected chi connectivity index (χ0v) is 38.9. The molecule has 0 aromatic heterocycles. The van der Waals surface area contributed by atoms with E-state index in [4.69, 9.17) is 0 Å². The number of phenolic OH excluding ortho intramolecular Hbond substituents is 4. The molecule has 8 aromatic carbocycles. The summed E-state index contributed by atoms with van der Waals surface area (Å²) in [6.45, 7) is 12.4. The zero-order valence-electron chi connectivity index (χ0n) is 37.8. The maximum atomic E-state index is 12.9. The number of anilines is 2. The van der Waals surface area contributed by atoms with Gasteiger partial charge in [0.25, 0.3) is 11.8 Å². The number of hydrogen-bond acceptors (Lipinski definition) is 10. The van der Waals surface area contributed by atoms with Gasteiger partial charge < -0.3 is 31.1 Å². The minimum Gasteiger partial charge on any atom is -0.506 e. The summed E-state index contributed by atoms with van der Waals surface area (Å²) >= 11 is 0. The molecule has 0 unspecified atom stereocenters. The molecule has 12 nitrogen and oxygen atoms in total. The van der Waals surface area contributed by atoms with E-state index in [0.29, 0.717) is 22.1 Å². The van der Waals surface area contributed by atoms with Gasteiger partial charge in [0.15, 0.2) is 11.5 Å². The largest absolute Gasteiger partial charge is 0.506 e. The van der Waals surface area contributed by atoms with Crippen LogP contribution in [0.4, 0.5) is 34.1 Å². The van der Waals surface area contributed by atoms with Crippen molar-refractivity contribution in [3.8, 4) is 23.0 Å². The first kappa shape index (κ1) is 51.1. The van der Waals surface area contributed by atoms with Crippen molar-refractivity contribution in [1.29, 1.82) is 0 Å². The molecule has 2 amide bonds. The summed E-state index contributed by atoms with van der Waals surface area (Å²) in [5, 5.41) is 67.9. The number of rotatable bonds is 8. The van der Waals surface area contributed by atoms with Gasteiger partial charge in [-0.15, -0.1) is 20.5 Å². The van der Waals surface area contributed by atoms with E-state index in [9.17, 15) is 30.0 Å². The smallest absolute Gasteiger partial charge is 0.259 e. The van der Waals surface area contributed by atoms with Gasteiger partial charge >= 0.3 is 0 Å². The Hall–Kier alpha value is -7.86. The van der Waals surface area contributed by atoms with Crippen LogP contribution in [-0.2, 0) is 27.9 Å². The maximum Gasteiger partial charge on any atom is 0.259 e. The first-order valence-electron chi connectivity index (χ1n) is 21.2. The minimum absolute atomic E-state index is 0. The van der Waals surface area contributed by atoms with Gasteiger partial charge in [0.2, 0.25) is 0 Å². The van der Waals surface area contributed by atoms with Crippen LogP contribution in [0.3, 0.4) is 0 Å². The number of para-hydroxylation sites is 2. The van der Waals surface area contributed by atoms with Gasteiger partial charge in [0.1, 0.15) is 34.2 Å². The van der Waals surface area contributed by atoms with Crippen molar-refractivity contribution < 1.29 is 47.1 Å². The summed E-state index contributed by atoms with van der Waals surface area (Å²) in [4.78, 5) is 25.9. The molecule has 68 heavy (non-hydrogen) atoms. The molecule has 0 aliphatic heterocycles. The van der Waals surface area contributed by atoms with Gasteiger partial charge in [-0.2, -0.15) is 0 Å². The topological polar surface area (TPSA) is 189 Å². The monoisotopic (exact) mass is 950 g/mol. The third-order valence-corrected chi connectivity index (χ3v) is 10.7. The third kappa shape index (κ3) is 11.9. The van der Waals surface area contributed by atoms with Crippen molar-refractivity contribution in [3.63, 3.8) is 0 Å². The number of phenols is 4. The SMILES string of the molecule is C.CC(C)(C)c1ccc(O)c(N=Nc2c(O)c(C(=O)Nc3ccccc3)cc3ccccc23)c1.CC(C)(C)c1ccc(O)c(N=Nc2c(O)c(C(=O)Nc3ccccc3)cc3ccccc23)c1.[Fe]. The molecule has 8 aromatic rings. The number of nitrogens with one attached hydrogen (secondary N) is 2. The Balaban J connectivity index is 0.000000247. The van der Waals surface area contributed by atoms with Gasteiger partial charge in [0, 0.05) is 39.2 Å². The molecule has 0 saturated heterocycles. The van der Waals surface area contributed by atoms with Gasteiger partial charge in [-0.3, -0.25) is 9.59 Å². The first-order valence-corrected chi connectivity index (χ1v) is 21.2. The number of nitrogens with zero attached hydrogens (tertiary/aromatic N) is 4. The van der Waals surface area contributed by atoms with Crippen LogP contribution < -0.4 is 10.6 Å². The van der Waals surface area contributed by atoms with E-state index < -0.39 is 11.8 Å². The number of aromatic hydroxyl groups is 4. The summed E-state index contributed by atoms with van der Waals surface area (Å²) in [5.74, 6) is -1.52. The molecule has 0 spiro atoms. The van der Waals surface area contributed by atoms with E-state index in [1.54, 1.807) is 72.8 Å². The van der Waals surface area contributed by atoms with Crippen LogP contribution in [0.15, 0.2) is 178 Å². The third-order valence-electron chi connectivity index (χ3n) is 10.7. The van der Waals surface area contributed by atoms with Crippen LogP contribution >= 0.6 is 0 Å². The summed E-state index contributed by atoms with van der Waals surface area (Å²) in [6.07, 6.45) is 0. The number of fused-ring (bicyclic) bond motifs is 2. The quantitative estimate of drug-likeness (QED) is 0.0649. The molecule has 0 saturated carbocycles. The van der Waals surface area contributed by atoms with E-state index in [1.807, 2.05) is 84.9 Å². The zero-order chi connectivity index (χ0) is 47.2. The number of carbonyl (C=O) groups is 2. The number of amides is 2. The Morgan fingerprint density at radius 2 is 0.779 bits per heavy atom. The molecule has 348 valence electrons. The van der Waals surface area contributed by atoms with Gasteiger partial charge in [0.05, 0.1) is 11.1 Å². The number of benzene rings is 8. The molecular weight excluding hydrogens is 896 g/mol. The second-order valence-corrected chi connectivity index (χ2v) is 17.6. The molecule has 0 aliphatic carbocycles. The molecule has 0 bridgehead atoms. The van der Waals surface area contributed by atoms with E-state index in [1.165, 1.54) is 0 Å². The Bertz CT molecular complexity index is 2930. The van der Waals surface area contributed by atoms with Crippen LogP contribution in [0.5, 0.6) is 23.0 Å². The first-order chi connectivity index (χ1) is 31.5. The van der Waals surface area contributed by atoms with Crippen molar-refractivity contribution in [2.75, 3.05) is 10.6 Å². The fraction of sp³-hybridized carbons (Fsp3) is 0.164. The average molecular weight is 951 g/mol. The van der Waals surface area contributed by atoms with Crippen LogP contribution in [0, 0.1) is 0 Å². The predicted molar refractivity (Wildman–Crippen MR) is 269 cm³/mol. The summed E-state index contributed by atoms with van der Waals surface area (Å²) in [7, 11) is 0. The van der Waals surface area contributed by atoms with E-state index in [2.05, 4.69) is 72.6 Å². The van der Waals surface area contributed by atoms with Gasteiger partial charge in [-0.1, -0.05) is 146 Å². The molecule has 0 radical (unpaired) electrons. The summed E-state index contributed by atoms with van der Waals surface area (Å²) in [5.41, 5.74) is 3.97. The summed E-state index contributed by atoms with van der Waals surface area (Å²) < 4.78 is 0. The van der Waals surface area contributed by atoms with Crippen molar-refractivity contribution in [2.24, 2.45) is 20.5 Å². The maximum absolute atomic E-state index is 12.9. The normalized spacial score (nSPS) is 11.4. The second kappa shape index (κ2) is 21.6. The van der Waals surface area contributed by atoms with E-state index in [-0.39, 0.29) is 92.2 Å². The van der Waals surface area contributed by atoms with E-state index in [0.717, 1.165) is 21.9 Å². The van der Waals surface area contributed by atoms with Crippen molar-refractivity contribution >= 4 is 67.5 Å². The fourth-order valence-corrected chi connectivity index (χ4v) is 6.97. The Labute approximate surface area is 406 Å².